The van der Waals surface area contributed by atoms with Crippen LogP contribution in [0.1, 0.15) is 21.7 Å². The van der Waals surface area contributed by atoms with Gasteiger partial charge in [0.1, 0.15) is 0 Å². The van der Waals surface area contributed by atoms with Crippen molar-refractivity contribution in [2.24, 2.45) is 0 Å². The van der Waals surface area contributed by atoms with Gasteiger partial charge in [-0.3, -0.25) is 4.79 Å². The Balaban J connectivity index is 1.52. The van der Waals surface area contributed by atoms with Crippen LogP contribution in [0.25, 0.3) is 27.5 Å². The predicted octanol–water partition coefficient (Wildman–Crippen LogP) is 5.52. The number of anilines is 1. The minimum atomic E-state index is -4.51. The predicted molar refractivity (Wildman–Crippen MR) is 118 cm³/mol. The van der Waals surface area contributed by atoms with Crippen molar-refractivity contribution >= 4 is 28.0 Å². The summed E-state index contributed by atoms with van der Waals surface area (Å²) in [5.74, 6) is -0.677. The lowest BCUT2D eigenvalue weighted by atomic mass is 10.0. The first-order valence-corrected chi connectivity index (χ1v) is 10.0. The molecule has 5 aromatic rings. The van der Waals surface area contributed by atoms with E-state index in [9.17, 15) is 18.0 Å². The van der Waals surface area contributed by atoms with E-state index in [0.717, 1.165) is 34.0 Å². The minimum absolute atomic E-state index is 0.00744. The number of amides is 1. The second-order valence-corrected chi connectivity index (χ2v) is 7.49. The number of carbonyl (C=O) groups excluding carboxylic acids is 1. The molecule has 6 nitrogen and oxygen atoms in total. The molecule has 0 aliphatic carbocycles. The number of nitrogens with one attached hydrogen (secondary N) is 1. The summed E-state index contributed by atoms with van der Waals surface area (Å²) in [6.07, 6.45) is -2.85. The van der Waals surface area contributed by atoms with E-state index >= 15 is 0 Å². The molecule has 0 fully saturated rings. The molecule has 2 aromatic heterocycles. The summed E-state index contributed by atoms with van der Waals surface area (Å²) in [4.78, 5) is 12.8. The van der Waals surface area contributed by atoms with Crippen molar-refractivity contribution in [2.45, 2.75) is 13.1 Å². The molecule has 0 saturated heterocycles. The molecule has 0 aliphatic rings. The van der Waals surface area contributed by atoms with E-state index in [1.54, 1.807) is 13.1 Å². The Morgan fingerprint density at radius 3 is 2.52 bits per heavy atom. The van der Waals surface area contributed by atoms with Gasteiger partial charge in [0.15, 0.2) is 11.3 Å². The van der Waals surface area contributed by atoms with Crippen LogP contribution in [0.5, 0.6) is 0 Å². The van der Waals surface area contributed by atoms with Crippen molar-refractivity contribution in [3.8, 4) is 11.1 Å². The van der Waals surface area contributed by atoms with Gasteiger partial charge in [0.2, 0.25) is 0 Å². The third kappa shape index (κ3) is 3.67. The molecule has 0 atom stereocenters. The topological polar surface area (TPSA) is 72.2 Å². The molecule has 5 rings (SSSR count). The molecule has 0 aliphatic heterocycles. The highest BCUT2D eigenvalue weighted by Gasteiger charge is 2.30. The molecule has 33 heavy (non-hydrogen) atoms. The maximum absolute atomic E-state index is 13.0. The Bertz CT molecular complexity index is 1520. The first-order chi connectivity index (χ1) is 15.8. The van der Waals surface area contributed by atoms with Crippen molar-refractivity contribution in [1.29, 1.82) is 0 Å². The van der Waals surface area contributed by atoms with Crippen LogP contribution >= 0.6 is 0 Å². The summed E-state index contributed by atoms with van der Waals surface area (Å²) >= 11 is 0. The number of aryl methyl sites for hydroxylation is 1. The Morgan fingerprint density at radius 2 is 1.70 bits per heavy atom. The van der Waals surface area contributed by atoms with Gasteiger partial charge in [-0.2, -0.15) is 18.3 Å². The summed E-state index contributed by atoms with van der Waals surface area (Å²) in [6, 6.07) is 18.2. The number of nitrogens with zero attached hydrogens (tertiary/aromatic N) is 4. The standard InChI is InChI=1S/C24H16F3N5O/c1-14-21(23(33)29-17-9-5-8-16(12-17)24(25,26)27)30-31-22-20(13-28-32(14)22)19-11-4-7-15-6-2-3-10-18(15)19/h2-13H,1H3,(H,29,33). The quantitative estimate of drug-likeness (QED) is 0.395. The van der Waals surface area contributed by atoms with Crippen LogP contribution in [-0.2, 0) is 6.18 Å². The Labute approximate surface area is 185 Å². The van der Waals surface area contributed by atoms with Gasteiger partial charge in [-0.15, -0.1) is 10.2 Å². The lowest BCUT2D eigenvalue weighted by Crippen LogP contribution is -2.19. The number of carbonyl (C=O) groups is 1. The molecule has 0 radical (unpaired) electrons. The number of halogens is 3. The fourth-order valence-corrected chi connectivity index (χ4v) is 3.78. The van der Waals surface area contributed by atoms with Crippen LogP contribution in [0.2, 0.25) is 0 Å². The molecular formula is C24H16F3N5O. The van der Waals surface area contributed by atoms with Gasteiger partial charge in [0.05, 0.1) is 17.5 Å². The lowest BCUT2D eigenvalue weighted by molar-refractivity contribution is -0.137. The number of alkyl halides is 3. The molecule has 0 unspecified atom stereocenters. The van der Waals surface area contributed by atoms with E-state index in [4.69, 9.17) is 0 Å². The summed E-state index contributed by atoms with van der Waals surface area (Å²) in [7, 11) is 0. The van der Waals surface area contributed by atoms with Crippen molar-refractivity contribution in [2.75, 3.05) is 5.32 Å². The smallest absolute Gasteiger partial charge is 0.321 e. The highest BCUT2D eigenvalue weighted by atomic mass is 19.4. The zero-order chi connectivity index (χ0) is 23.2. The zero-order valence-electron chi connectivity index (χ0n) is 17.3. The normalized spacial score (nSPS) is 11.8. The minimum Gasteiger partial charge on any atom is -0.321 e. The monoisotopic (exact) mass is 447 g/mol. The number of aromatic nitrogens is 4. The van der Waals surface area contributed by atoms with Gasteiger partial charge >= 0.3 is 6.18 Å². The molecular weight excluding hydrogens is 431 g/mol. The van der Waals surface area contributed by atoms with Gasteiger partial charge in [0.25, 0.3) is 5.91 Å². The van der Waals surface area contributed by atoms with Crippen LogP contribution in [0, 0.1) is 6.92 Å². The molecule has 164 valence electrons. The number of hydrogen-bond donors (Lipinski definition) is 1. The maximum atomic E-state index is 13.0. The van der Waals surface area contributed by atoms with Crippen molar-refractivity contribution in [3.05, 3.63) is 89.9 Å². The first kappa shape index (κ1) is 20.6. The third-order valence-corrected chi connectivity index (χ3v) is 5.39. The Hall–Kier alpha value is -4.27. The van der Waals surface area contributed by atoms with E-state index in [0.29, 0.717) is 11.3 Å². The first-order valence-electron chi connectivity index (χ1n) is 10.0. The number of fused-ring (bicyclic) bond motifs is 2. The van der Waals surface area contributed by atoms with Gasteiger partial charge in [0, 0.05) is 11.3 Å². The maximum Gasteiger partial charge on any atom is 0.416 e. The van der Waals surface area contributed by atoms with E-state index in [1.807, 2.05) is 42.5 Å². The van der Waals surface area contributed by atoms with Gasteiger partial charge < -0.3 is 5.32 Å². The fraction of sp³-hybridized carbons (Fsp3) is 0.0833. The van der Waals surface area contributed by atoms with E-state index in [2.05, 4.69) is 20.6 Å². The van der Waals surface area contributed by atoms with Crippen LogP contribution in [0.4, 0.5) is 18.9 Å². The SMILES string of the molecule is Cc1c(C(=O)Nc2cccc(C(F)(F)F)c2)nnc2c(-c3cccc4ccccc34)cnn12. The zero-order valence-corrected chi connectivity index (χ0v) is 17.3. The highest BCUT2D eigenvalue weighted by Crippen LogP contribution is 2.32. The number of benzene rings is 3. The van der Waals surface area contributed by atoms with Crippen molar-refractivity contribution < 1.29 is 18.0 Å². The highest BCUT2D eigenvalue weighted by molar-refractivity contribution is 6.04. The largest absolute Gasteiger partial charge is 0.416 e. The molecule has 1 amide bonds. The van der Waals surface area contributed by atoms with E-state index in [1.165, 1.54) is 16.6 Å². The molecule has 1 N–H and O–H groups in total. The average molecular weight is 447 g/mol. The summed E-state index contributed by atoms with van der Waals surface area (Å²) in [6.45, 7) is 1.66. The van der Waals surface area contributed by atoms with Crippen LogP contribution in [0.3, 0.4) is 0 Å². The fourth-order valence-electron chi connectivity index (χ4n) is 3.78. The van der Waals surface area contributed by atoms with E-state index in [-0.39, 0.29) is 11.4 Å². The lowest BCUT2D eigenvalue weighted by Gasteiger charge is -2.11. The second-order valence-electron chi connectivity index (χ2n) is 7.49. The third-order valence-electron chi connectivity index (χ3n) is 5.39. The number of rotatable bonds is 3. The Kier molecular flexibility index (Phi) is 4.81. The van der Waals surface area contributed by atoms with Crippen LogP contribution in [0.15, 0.2) is 72.9 Å². The van der Waals surface area contributed by atoms with Gasteiger partial charge in [-0.05, 0) is 41.5 Å². The second kappa shape index (κ2) is 7.70. The van der Waals surface area contributed by atoms with Crippen molar-refractivity contribution in [3.63, 3.8) is 0 Å². The van der Waals surface area contributed by atoms with Crippen LogP contribution in [-0.4, -0.2) is 25.7 Å². The number of hydrogen-bond acceptors (Lipinski definition) is 4. The molecule has 0 spiro atoms. The van der Waals surface area contributed by atoms with Crippen LogP contribution < -0.4 is 5.32 Å². The summed E-state index contributed by atoms with van der Waals surface area (Å²) in [5, 5.41) is 17.2. The van der Waals surface area contributed by atoms with Gasteiger partial charge in [-0.1, -0.05) is 48.5 Å². The summed E-state index contributed by atoms with van der Waals surface area (Å²) < 4.78 is 40.4. The average Bonchev–Trinajstić information content (AvgIpc) is 3.23. The molecule has 2 heterocycles. The molecule has 0 saturated carbocycles. The van der Waals surface area contributed by atoms with E-state index < -0.39 is 17.6 Å². The Morgan fingerprint density at radius 1 is 0.939 bits per heavy atom. The molecule has 0 bridgehead atoms. The van der Waals surface area contributed by atoms with Gasteiger partial charge in [-0.25, -0.2) is 4.52 Å². The van der Waals surface area contributed by atoms with Crippen molar-refractivity contribution in [1.82, 2.24) is 19.8 Å². The summed E-state index contributed by atoms with van der Waals surface area (Å²) in [5.41, 5.74) is 1.69. The molecule has 3 aromatic carbocycles. The molecule has 9 heteroatoms.